The van der Waals surface area contributed by atoms with Crippen molar-refractivity contribution in [1.82, 2.24) is 15.0 Å². The van der Waals surface area contributed by atoms with Gasteiger partial charge in [0.2, 0.25) is 0 Å². The highest BCUT2D eigenvalue weighted by Gasteiger charge is 2.18. The molecule has 0 aliphatic heterocycles. The zero-order valence-corrected chi connectivity index (χ0v) is 20.8. The van der Waals surface area contributed by atoms with E-state index in [0.717, 1.165) is 5.56 Å². The molecule has 2 heterocycles. The Morgan fingerprint density at radius 2 is 1.81 bits per heavy atom. The standard InChI is InChI=1S/C27H21Cl2N5O3/c28-16-9-10-17(18(29)13-16)26(36)33-21-8-4-7-20-24(21)34-25(32-20)23-19(11-12-30-27(23)37)31-14-22(35)15-5-2-1-3-6-15/h1-13,22,35H,14H2,(H,32,34)(H,33,36)(H2,30,31,37)/t22-/m0/s1. The number of halogens is 2. The van der Waals surface area contributed by atoms with Crippen molar-refractivity contribution in [3.05, 3.63) is 111 Å². The number of rotatable bonds is 7. The fraction of sp³-hybridized carbons (Fsp3) is 0.0741. The van der Waals surface area contributed by atoms with Crippen LogP contribution in [0.2, 0.25) is 10.0 Å². The summed E-state index contributed by atoms with van der Waals surface area (Å²) in [6.45, 7) is 0.184. The summed E-state index contributed by atoms with van der Waals surface area (Å²) in [4.78, 5) is 36.1. The number of nitrogens with zero attached hydrogens (tertiary/aromatic N) is 1. The molecule has 0 spiro atoms. The Labute approximate surface area is 221 Å². The molecule has 37 heavy (non-hydrogen) atoms. The lowest BCUT2D eigenvalue weighted by Gasteiger charge is -2.14. The number of carbonyl (C=O) groups excluding carboxylic acids is 1. The van der Waals surface area contributed by atoms with Crippen LogP contribution in [-0.2, 0) is 0 Å². The van der Waals surface area contributed by atoms with Crippen LogP contribution in [0.1, 0.15) is 22.0 Å². The van der Waals surface area contributed by atoms with Gasteiger partial charge in [-0.15, -0.1) is 0 Å². The molecule has 5 N–H and O–H groups in total. The first-order chi connectivity index (χ1) is 17.9. The molecule has 2 aromatic heterocycles. The number of nitrogens with one attached hydrogen (secondary N) is 4. The van der Waals surface area contributed by atoms with Crippen LogP contribution in [0.15, 0.2) is 83.8 Å². The van der Waals surface area contributed by atoms with E-state index in [0.29, 0.717) is 33.3 Å². The minimum absolute atomic E-state index is 0.184. The van der Waals surface area contributed by atoms with Crippen molar-refractivity contribution in [2.24, 2.45) is 0 Å². The Hall–Kier alpha value is -4.11. The molecule has 8 nitrogen and oxygen atoms in total. The molecule has 0 saturated heterocycles. The van der Waals surface area contributed by atoms with Crippen LogP contribution in [0.25, 0.3) is 22.4 Å². The van der Waals surface area contributed by atoms with E-state index in [1.165, 1.54) is 12.3 Å². The van der Waals surface area contributed by atoms with E-state index < -0.39 is 12.0 Å². The molecule has 10 heteroatoms. The van der Waals surface area contributed by atoms with E-state index in [4.69, 9.17) is 23.2 Å². The van der Waals surface area contributed by atoms with Crippen LogP contribution in [0.5, 0.6) is 0 Å². The maximum Gasteiger partial charge on any atom is 0.261 e. The van der Waals surface area contributed by atoms with Gasteiger partial charge in [0.15, 0.2) is 0 Å². The number of H-pyrrole nitrogens is 2. The molecule has 0 unspecified atom stereocenters. The van der Waals surface area contributed by atoms with Gasteiger partial charge in [-0.2, -0.15) is 0 Å². The number of carbonyl (C=O) groups is 1. The molecule has 3 aromatic carbocycles. The summed E-state index contributed by atoms with van der Waals surface area (Å²) in [5, 5.41) is 17.2. The van der Waals surface area contributed by atoms with Crippen molar-refractivity contribution < 1.29 is 9.90 Å². The second kappa shape index (κ2) is 10.5. The first-order valence-electron chi connectivity index (χ1n) is 11.3. The Bertz CT molecular complexity index is 1650. The molecular formula is C27H21Cl2N5O3. The van der Waals surface area contributed by atoms with Crippen LogP contribution in [0.4, 0.5) is 11.4 Å². The van der Waals surface area contributed by atoms with Gasteiger partial charge in [-0.1, -0.05) is 59.6 Å². The zero-order valence-electron chi connectivity index (χ0n) is 19.3. The SMILES string of the molecule is O=C(Nc1cccc2nc(-c3c(NC[C@H](O)c4ccccc4)cc[nH]c3=O)[nH]c12)c1ccc(Cl)cc1Cl. The lowest BCUT2D eigenvalue weighted by molar-refractivity contribution is 0.102. The van der Waals surface area contributed by atoms with E-state index in [2.05, 4.69) is 25.6 Å². The maximum absolute atomic E-state index is 12.9. The number of hydrogen-bond donors (Lipinski definition) is 5. The van der Waals surface area contributed by atoms with Gasteiger partial charge in [0.05, 0.1) is 39.1 Å². The third-order valence-electron chi connectivity index (χ3n) is 5.81. The van der Waals surface area contributed by atoms with Crippen LogP contribution in [0, 0.1) is 0 Å². The number of aromatic amines is 2. The third-order valence-corrected chi connectivity index (χ3v) is 6.36. The first kappa shape index (κ1) is 24.6. The molecule has 0 radical (unpaired) electrons. The number of aromatic nitrogens is 3. The molecule has 0 fully saturated rings. The van der Waals surface area contributed by atoms with Crippen molar-refractivity contribution in [1.29, 1.82) is 0 Å². The summed E-state index contributed by atoms with van der Waals surface area (Å²) in [6.07, 6.45) is 0.748. The maximum atomic E-state index is 12.9. The van der Waals surface area contributed by atoms with Crippen molar-refractivity contribution in [3.8, 4) is 11.4 Å². The molecule has 0 bridgehead atoms. The van der Waals surface area contributed by atoms with Crippen LogP contribution < -0.4 is 16.2 Å². The van der Waals surface area contributed by atoms with E-state index in [9.17, 15) is 14.7 Å². The van der Waals surface area contributed by atoms with Gasteiger partial charge in [0.1, 0.15) is 11.4 Å². The fourth-order valence-corrected chi connectivity index (χ4v) is 4.47. The van der Waals surface area contributed by atoms with Crippen LogP contribution >= 0.6 is 23.2 Å². The summed E-state index contributed by atoms with van der Waals surface area (Å²) in [6, 6.07) is 20.8. The number of para-hydroxylation sites is 1. The molecule has 5 aromatic rings. The lowest BCUT2D eigenvalue weighted by Crippen LogP contribution is -2.17. The number of amides is 1. The number of benzene rings is 3. The number of imidazole rings is 1. The Morgan fingerprint density at radius 3 is 2.59 bits per heavy atom. The highest BCUT2D eigenvalue weighted by Crippen LogP contribution is 2.29. The predicted molar refractivity (Wildman–Crippen MR) is 146 cm³/mol. The predicted octanol–water partition coefficient (Wildman–Crippen LogP) is 5.62. The summed E-state index contributed by atoms with van der Waals surface area (Å²) >= 11 is 12.1. The monoisotopic (exact) mass is 533 g/mol. The number of fused-ring (bicyclic) bond motifs is 1. The minimum atomic E-state index is -0.773. The molecule has 186 valence electrons. The van der Waals surface area contributed by atoms with Gasteiger partial charge in [0.25, 0.3) is 11.5 Å². The van der Waals surface area contributed by atoms with E-state index in [1.807, 2.05) is 30.3 Å². The van der Waals surface area contributed by atoms with Gasteiger partial charge in [-0.3, -0.25) is 9.59 Å². The number of aliphatic hydroxyl groups is 1. The molecule has 0 aliphatic rings. The second-order valence-corrected chi connectivity index (χ2v) is 9.11. The average molecular weight is 534 g/mol. The van der Waals surface area contributed by atoms with E-state index >= 15 is 0 Å². The zero-order chi connectivity index (χ0) is 25.9. The molecule has 0 saturated carbocycles. The summed E-state index contributed by atoms with van der Waals surface area (Å²) < 4.78 is 0. The molecule has 1 amide bonds. The fourth-order valence-electron chi connectivity index (χ4n) is 3.98. The summed E-state index contributed by atoms with van der Waals surface area (Å²) in [7, 11) is 0. The first-order valence-corrected chi connectivity index (χ1v) is 12.1. The smallest absolute Gasteiger partial charge is 0.261 e. The quantitative estimate of drug-likeness (QED) is 0.185. The van der Waals surface area contributed by atoms with Crippen molar-refractivity contribution in [3.63, 3.8) is 0 Å². The second-order valence-electron chi connectivity index (χ2n) is 8.27. The van der Waals surface area contributed by atoms with Gasteiger partial charge in [0, 0.05) is 17.8 Å². The van der Waals surface area contributed by atoms with Gasteiger partial charge < -0.3 is 25.7 Å². The van der Waals surface area contributed by atoms with Crippen LogP contribution in [0.3, 0.4) is 0 Å². The third kappa shape index (κ3) is 5.22. The number of anilines is 2. The van der Waals surface area contributed by atoms with Crippen molar-refractivity contribution in [2.45, 2.75) is 6.10 Å². The Kier molecular flexibility index (Phi) is 6.96. The Balaban J connectivity index is 1.45. The average Bonchev–Trinajstić information content (AvgIpc) is 3.32. The van der Waals surface area contributed by atoms with Gasteiger partial charge >= 0.3 is 0 Å². The summed E-state index contributed by atoms with van der Waals surface area (Å²) in [5.74, 6) is -0.111. The minimum Gasteiger partial charge on any atom is -0.387 e. The van der Waals surface area contributed by atoms with E-state index in [1.54, 1.807) is 36.4 Å². The highest BCUT2D eigenvalue weighted by atomic mass is 35.5. The van der Waals surface area contributed by atoms with Crippen molar-refractivity contribution >= 4 is 51.5 Å². The topological polar surface area (TPSA) is 123 Å². The Morgan fingerprint density at radius 1 is 1.00 bits per heavy atom. The number of hydrogen-bond acceptors (Lipinski definition) is 5. The molecule has 0 aliphatic carbocycles. The number of pyridine rings is 1. The molecular weight excluding hydrogens is 513 g/mol. The number of aliphatic hydroxyl groups excluding tert-OH is 1. The normalized spacial score (nSPS) is 11.9. The van der Waals surface area contributed by atoms with Crippen LogP contribution in [-0.4, -0.2) is 32.5 Å². The molecule has 1 atom stereocenters. The van der Waals surface area contributed by atoms with Crippen molar-refractivity contribution in [2.75, 3.05) is 17.2 Å². The van der Waals surface area contributed by atoms with E-state index in [-0.39, 0.29) is 28.3 Å². The molecule has 5 rings (SSSR count). The largest absolute Gasteiger partial charge is 0.387 e. The highest BCUT2D eigenvalue weighted by molar-refractivity contribution is 6.37. The van der Waals surface area contributed by atoms with Gasteiger partial charge in [-0.25, -0.2) is 4.98 Å². The summed E-state index contributed by atoms with van der Waals surface area (Å²) in [5.41, 5.74) is 2.98. The van der Waals surface area contributed by atoms with Gasteiger partial charge in [-0.05, 0) is 42.0 Å². The lowest BCUT2D eigenvalue weighted by atomic mass is 10.1.